The molecule has 5 nitrogen and oxygen atoms in total. The molecule has 0 aliphatic carbocycles. The fourth-order valence-electron chi connectivity index (χ4n) is 2.90. The van der Waals surface area contributed by atoms with Crippen LogP contribution in [0.15, 0.2) is 47.3 Å². The van der Waals surface area contributed by atoms with Crippen molar-refractivity contribution in [2.75, 3.05) is 10.6 Å². The van der Waals surface area contributed by atoms with Gasteiger partial charge in [-0.15, -0.1) is 11.3 Å². The molecule has 1 amide bonds. The molecule has 2 aromatic carbocycles. The molecule has 0 unspecified atom stereocenters. The van der Waals surface area contributed by atoms with E-state index in [4.69, 9.17) is 0 Å². The van der Waals surface area contributed by atoms with Gasteiger partial charge in [-0.05, 0) is 42.0 Å². The number of halogens is 6. The molecule has 33 heavy (non-hydrogen) atoms. The second-order valence-electron chi connectivity index (χ2n) is 6.80. The van der Waals surface area contributed by atoms with Crippen molar-refractivity contribution in [1.82, 2.24) is 9.97 Å². The van der Waals surface area contributed by atoms with E-state index in [0.717, 1.165) is 11.3 Å². The fraction of sp³-hybridized carbons (Fsp3) is 0.150. The third-order valence-corrected chi connectivity index (χ3v) is 5.96. The third-order valence-electron chi connectivity index (χ3n) is 4.40. The van der Waals surface area contributed by atoms with Gasteiger partial charge in [0.1, 0.15) is 5.69 Å². The molecule has 0 saturated carbocycles. The van der Waals surface area contributed by atoms with Gasteiger partial charge in [0.15, 0.2) is 5.13 Å². The fourth-order valence-corrected chi connectivity index (χ4v) is 4.33. The first-order chi connectivity index (χ1) is 15.5. The molecule has 0 saturated heterocycles. The van der Waals surface area contributed by atoms with Crippen molar-refractivity contribution in [1.29, 1.82) is 0 Å². The molecule has 2 aromatic heterocycles. The van der Waals surface area contributed by atoms with Crippen LogP contribution in [0.25, 0.3) is 10.2 Å². The molecule has 4 aromatic rings. The quantitative estimate of drug-likeness (QED) is 0.300. The summed E-state index contributed by atoms with van der Waals surface area (Å²) >= 11 is 2.42. The molecule has 4 rings (SSSR count). The SMILES string of the molecule is O=C(Nc1ccc2nc(NCc3cc(C(F)(F)F)cc(C(F)(F)F)c3)sc2c1)c1cscn1. The van der Waals surface area contributed by atoms with Crippen molar-refractivity contribution in [3.8, 4) is 0 Å². The number of amides is 1. The predicted molar refractivity (Wildman–Crippen MR) is 113 cm³/mol. The summed E-state index contributed by atoms with van der Waals surface area (Å²) in [4.78, 5) is 20.3. The van der Waals surface area contributed by atoms with Crippen molar-refractivity contribution in [3.63, 3.8) is 0 Å². The molecule has 2 N–H and O–H groups in total. The highest BCUT2D eigenvalue weighted by Crippen LogP contribution is 2.36. The van der Waals surface area contributed by atoms with Crippen LogP contribution in [-0.2, 0) is 18.9 Å². The Labute approximate surface area is 190 Å². The first-order valence-corrected chi connectivity index (χ1v) is 10.9. The predicted octanol–water partition coefficient (Wildman–Crippen LogP) is 6.65. The lowest BCUT2D eigenvalue weighted by Crippen LogP contribution is -2.12. The summed E-state index contributed by atoms with van der Waals surface area (Å²) in [6.45, 7) is -0.291. The Hall–Kier alpha value is -3.19. The minimum Gasteiger partial charge on any atom is -0.357 e. The standard InChI is InChI=1S/C20H12F6N4OS2/c21-19(22,23)11-3-10(4-12(5-11)20(24,25)26)7-27-18-30-14-2-1-13(6-16(14)33-18)29-17(31)15-8-32-9-28-15/h1-6,8-9H,7H2,(H,27,30)(H,29,31). The van der Waals surface area contributed by atoms with Crippen LogP contribution in [0, 0.1) is 0 Å². The maximum atomic E-state index is 13.0. The lowest BCUT2D eigenvalue weighted by atomic mass is 10.0. The van der Waals surface area contributed by atoms with Crippen LogP contribution in [0.1, 0.15) is 27.2 Å². The van der Waals surface area contributed by atoms with Gasteiger partial charge in [-0.3, -0.25) is 4.79 Å². The maximum Gasteiger partial charge on any atom is 0.416 e. The molecule has 13 heteroatoms. The zero-order chi connectivity index (χ0) is 23.8. The van der Waals surface area contributed by atoms with Crippen LogP contribution < -0.4 is 10.6 Å². The van der Waals surface area contributed by atoms with Crippen LogP contribution in [0.4, 0.5) is 37.2 Å². The molecule has 0 radical (unpaired) electrons. The Bertz CT molecular complexity index is 1270. The van der Waals surface area contributed by atoms with Gasteiger partial charge in [0.25, 0.3) is 5.91 Å². The lowest BCUT2D eigenvalue weighted by molar-refractivity contribution is -0.143. The summed E-state index contributed by atoms with van der Waals surface area (Å²) in [7, 11) is 0. The van der Waals surface area contributed by atoms with Crippen LogP contribution in [0.5, 0.6) is 0 Å². The van der Waals surface area contributed by atoms with E-state index in [1.54, 1.807) is 23.6 Å². The van der Waals surface area contributed by atoms with Crippen molar-refractivity contribution in [3.05, 3.63) is 69.7 Å². The Morgan fingerprint density at radius 1 is 0.970 bits per heavy atom. The third kappa shape index (κ3) is 5.42. The highest BCUT2D eigenvalue weighted by atomic mass is 32.1. The van der Waals surface area contributed by atoms with Gasteiger partial charge in [0.05, 0.1) is 26.9 Å². The van der Waals surface area contributed by atoms with Gasteiger partial charge < -0.3 is 10.6 Å². The second kappa shape index (κ2) is 8.63. The topological polar surface area (TPSA) is 66.9 Å². The molecule has 0 aliphatic rings. The number of carbonyl (C=O) groups excluding carboxylic acids is 1. The van der Waals surface area contributed by atoms with E-state index < -0.39 is 23.5 Å². The lowest BCUT2D eigenvalue weighted by Gasteiger charge is -2.14. The number of alkyl halides is 6. The van der Waals surface area contributed by atoms with Gasteiger partial charge in [-0.1, -0.05) is 11.3 Å². The van der Waals surface area contributed by atoms with E-state index in [9.17, 15) is 31.1 Å². The van der Waals surface area contributed by atoms with Gasteiger partial charge in [0, 0.05) is 17.6 Å². The number of thiazole rings is 2. The minimum atomic E-state index is -4.91. The summed E-state index contributed by atoms with van der Waals surface area (Å²) in [5.74, 6) is -0.386. The Morgan fingerprint density at radius 3 is 2.27 bits per heavy atom. The van der Waals surface area contributed by atoms with Gasteiger partial charge in [0.2, 0.25) is 0 Å². The largest absolute Gasteiger partial charge is 0.416 e. The van der Waals surface area contributed by atoms with Gasteiger partial charge in [-0.25, -0.2) is 9.97 Å². The zero-order valence-corrected chi connectivity index (χ0v) is 17.8. The minimum absolute atomic E-state index is 0.0859. The number of aromatic nitrogens is 2. The molecule has 2 heterocycles. The van der Waals surface area contributed by atoms with Crippen molar-refractivity contribution in [2.45, 2.75) is 18.9 Å². The van der Waals surface area contributed by atoms with Crippen LogP contribution in [0.3, 0.4) is 0 Å². The van der Waals surface area contributed by atoms with E-state index in [1.165, 1.54) is 16.8 Å². The first kappa shape index (κ1) is 23.0. The van der Waals surface area contributed by atoms with E-state index >= 15 is 0 Å². The number of nitrogens with one attached hydrogen (secondary N) is 2. The van der Waals surface area contributed by atoms with Crippen LogP contribution in [0.2, 0.25) is 0 Å². The van der Waals surface area contributed by atoms with Gasteiger partial charge in [-0.2, -0.15) is 26.3 Å². The number of hydrogen-bond donors (Lipinski definition) is 2. The van der Waals surface area contributed by atoms with Crippen molar-refractivity contribution in [2.24, 2.45) is 0 Å². The molecular weight excluding hydrogens is 490 g/mol. The van der Waals surface area contributed by atoms with Crippen molar-refractivity contribution >= 4 is 49.6 Å². The second-order valence-corrected chi connectivity index (χ2v) is 8.55. The summed E-state index contributed by atoms with van der Waals surface area (Å²) < 4.78 is 78.8. The Balaban J connectivity index is 1.52. The highest BCUT2D eigenvalue weighted by Gasteiger charge is 2.36. The average molecular weight is 502 g/mol. The van der Waals surface area contributed by atoms with E-state index in [2.05, 4.69) is 20.6 Å². The van der Waals surface area contributed by atoms with Crippen LogP contribution in [-0.4, -0.2) is 15.9 Å². The smallest absolute Gasteiger partial charge is 0.357 e. The molecule has 172 valence electrons. The molecule has 0 fully saturated rings. The zero-order valence-electron chi connectivity index (χ0n) is 16.2. The number of rotatable bonds is 5. The number of fused-ring (bicyclic) bond motifs is 1. The summed E-state index contributed by atoms with van der Waals surface area (Å²) in [5.41, 5.74) is -0.101. The Morgan fingerprint density at radius 2 is 1.67 bits per heavy atom. The molecule has 0 atom stereocenters. The number of carbonyl (C=O) groups is 1. The van der Waals surface area contributed by atoms with E-state index in [-0.39, 0.29) is 29.8 Å². The van der Waals surface area contributed by atoms with E-state index in [0.29, 0.717) is 33.2 Å². The normalized spacial score (nSPS) is 12.2. The number of anilines is 2. The monoisotopic (exact) mass is 502 g/mol. The summed E-state index contributed by atoms with van der Waals surface area (Å²) in [6.07, 6.45) is -9.82. The molecule has 0 bridgehead atoms. The number of nitrogens with zero attached hydrogens (tertiary/aromatic N) is 2. The number of benzene rings is 2. The molecule has 0 aliphatic heterocycles. The molecule has 0 spiro atoms. The van der Waals surface area contributed by atoms with E-state index in [1.807, 2.05) is 0 Å². The summed E-state index contributed by atoms with van der Waals surface area (Å²) in [5, 5.41) is 7.36. The Kier molecular flexibility index (Phi) is 6.01. The van der Waals surface area contributed by atoms with Gasteiger partial charge >= 0.3 is 12.4 Å². The summed E-state index contributed by atoms with van der Waals surface area (Å²) in [6, 6.07) is 6.35. The number of hydrogen-bond acceptors (Lipinski definition) is 6. The average Bonchev–Trinajstić information content (AvgIpc) is 3.40. The first-order valence-electron chi connectivity index (χ1n) is 9.11. The maximum absolute atomic E-state index is 13.0. The molecular formula is C20H12F6N4OS2. The van der Waals surface area contributed by atoms with Crippen molar-refractivity contribution < 1.29 is 31.1 Å². The van der Waals surface area contributed by atoms with Crippen LogP contribution >= 0.6 is 22.7 Å². The highest BCUT2D eigenvalue weighted by molar-refractivity contribution is 7.22.